The zero-order valence-electron chi connectivity index (χ0n) is 10.2. The van der Waals surface area contributed by atoms with Crippen molar-refractivity contribution in [2.24, 2.45) is 11.8 Å². The molecule has 3 aliphatic heterocycles. The van der Waals surface area contributed by atoms with Crippen molar-refractivity contribution in [1.82, 2.24) is 5.32 Å². The van der Waals surface area contributed by atoms with Crippen LogP contribution in [-0.4, -0.2) is 25.0 Å². The van der Waals surface area contributed by atoms with Crippen LogP contribution >= 0.6 is 0 Å². The standard InChI is InChI=1S/C15H17NO2/c1-2-4-10(5-3-1)8-16-15-14-11(9-17-15)12-6-7-13(14)18-12/h1-7,11-16H,8-9H2/t11-,12-,13+,14-,15?/m0/s1. The number of nitrogens with one attached hydrogen (secondary N) is 1. The molecule has 0 saturated carbocycles. The summed E-state index contributed by atoms with van der Waals surface area (Å²) < 4.78 is 11.8. The molecule has 1 unspecified atom stereocenters. The molecular formula is C15H17NO2. The highest BCUT2D eigenvalue weighted by Crippen LogP contribution is 2.45. The maximum absolute atomic E-state index is 5.89. The van der Waals surface area contributed by atoms with Gasteiger partial charge < -0.3 is 9.47 Å². The average molecular weight is 243 g/mol. The fraction of sp³-hybridized carbons (Fsp3) is 0.467. The van der Waals surface area contributed by atoms with E-state index in [1.54, 1.807) is 0 Å². The Morgan fingerprint density at radius 1 is 1.11 bits per heavy atom. The maximum Gasteiger partial charge on any atom is 0.114 e. The number of ether oxygens (including phenoxy) is 2. The number of fused-ring (bicyclic) bond motifs is 5. The van der Waals surface area contributed by atoms with Gasteiger partial charge in [0.05, 0.1) is 18.8 Å². The Labute approximate surface area is 107 Å². The zero-order valence-corrected chi connectivity index (χ0v) is 10.2. The molecular weight excluding hydrogens is 226 g/mol. The van der Waals surface area contributed by atoms with E-state index in [2.05, 4.69) is 41.7 Å². The first-order valence-corrected chi connectivity index (χ1v) is 6.64. The highest BCUT2D eigenvalue weighted by atomic mass is 16.5. The summed E-state index contributed by atoms with van der Waals surface area (Å²) in [5, 5.41) is 3.52. The summed E-state index contributed by atoms with van der Waals surface area (Å²) in [5.74, 6) is 1.04. The van der Waals surface area contributed by atoms with Crippen LogP contribution in [0, 0.1) is 11.8 Å². The summed E-state index contributed by atoms with van der Waals surface area (Å²) in [6, 6.07) is 10.4. The molecule has 0 aliphatic carbocycles. The third-order valence-electron chi connectivity index (χ3n) is 4.27. The van der Waals surface area contributed by atoms with Crippen LogP contribution in [0.25, 0.3) is 0 Å². The molecule has 2 saturated heterocycles. The lowest BCUT2D eigenvalue weighted by Gasteiger charge is -2.22. The molecule has 1 aromatic rings. The summed E-state index contributed by atoms with van der Waals surface area (Å²) in [7, 11) is 0. The molecule has 94 valence electrons. The monoisotopic (exact) mass is 243 g/mol. The van der Waals surface area contributed by atoms with E-state index in [1.807, 2.05) is 6.07 Å². The number of hydrogen-bond acceptors (Lipinski definition) is 3. The van der Waals surface area contributed by atoms with E-state index in [0.29, 0.717) is 17.9 Å². The molecule has 3 heteroatoms. The average Bonchev–Trinajstić information content (AvgIpc) is 3.11. The van der Waals surface area contributed by atoms with E-state index in [1.165, 1.54) is 5.56 Å². The SMILES string of the molecule is C1=C[C@H]2O[C@@H]1[C@@H]1COC(NCc3ccccc3)[C@@H]12. The Morgan fingerprint density at radius 2 is 1.94 bits per heavy atom. The topological polar surface area (TPSA) is 30.5 Å². The molecule has 18 heavy (non-hydrogen) atoms. The molecule has 4 rings (SSSR count). The molecule has 3 heterocycles. The van der Waals surface area contributed by atoms with Crippen LogP contribution in [0.4, 0.5) is 0 Å². The fourth-order valence-electron chi connectivity index (χ4n) is 3.35. The van der Waals surface area contributed by atoms with Crippen molar-refractivity contribution in [2.75, 3.05) is 6.61 Å². The number of rotatable bonds is 3. The Morgan fingerprint density at radius 3 is 2.83 bits per heavy atom. The van der Waals surface area contributed by atoms with Crippen molar-refractivity contribution in [3.63, 3.8) is 0 Å². The highest BCUT2D eigenvalue weighted by molar-refractivity contribution is 5.18. The molecule has 3 nitrogen and oxygen atoms in total. The van der Waals surface area contributed by atoms with Gasteiger partial charge in [0.25, 0.3) is 0 Å². The predicted octanol–water partition coefficient (Wildman–Crippen LogP) is 1.70. The van der Waals surface area contributed by atoms with Crippen molar-refractivity contribution < 1.29 is 9.47 Å². The van der Waals surface area contributed by atoms with E-state index < -0.39 is 0 Å². The second-order valence-electron chi connectivity index (χ2n) is 5.31. The van der Waals surface area contributed by atoms with Gasteiger partial charge in [-0.15, -0.1) is 0 Å². The lowest BCUT2D eigenvalue weighted by molar-refractivity contribution is 0.00411. The van der Waals surface area contributed by atoms with E-state index in [4.69, 9.17) is 9.47 Å². The predicted molar refractivity (Wildman–Crippen MR) is 67.8 cm³/mol. The van der Waals surface area contributed by atoms with Gasteiger partial charge in [0.1, 0.15) is 6.23 Å². The quantitative estimate of drug-likeness (QED) is 0.820. The molecule has 1 N–H and O–H groups in total. The summed E-state index contributed by atoms with van der Waals surface area (Å²) in [4.78, 5) is 0. The first-order valence-electron chi connectivity index (χ1n) is 6.64. The third kappa shape index (κ3) is 1.62. The van der Waals surface area contributed by atoms with Gasteiger partial charge in [-0.25, -0.2) is 0 Å². The molecule has 2 fully saturated rings. The first-order chi connectivity index (χ1) is 8.92. The Kier molecular flexibility index (Phi) is 2.50. The molecule has 2 bridgehead atoms. The van der Waals surface area contributed by atoms with Gasteiger partial charge in [-0.1, -0.05) is 42.5 Å². The van der Waals surface area contributed by atoms with Crippen molar-refractivity contribution in [3.05, 3.63) is 48.0 Å². The first kappa shape index (κ1) is 10.7. The second kappa shape index (κ2) is 4.19. The van der Waals surface area contributed by atoms with E-state index in [0.717, 1.165) is 13.2 Å². The van der Waals surface area contributed by atoms with Gasteiger partial charge in [0, 0.05) is 18.4 Å². The van der Waals surface area contributed by atoms with Crippen LogP contribution in [0.5, 0.6) is 0 Å². The molecule has 3 aliphatic rings. The Hall–Kier alpha value is -1.16. The van der Waals surface area contributed by atoms with Gasteiger partial charge in [-0.2, -0.15) is 0 Å². The Balaban J connectivity index is 1.43. The molecule has 0 radical (unpaired) electrons. The lowest BCUT2D eigenvalue weighted by atomic mass is 9.84. The second-order valence-corrected chi connectivity index (χ2v) is 5.31. The third-order valence-corrected chi connectivity index (χ3v) is 4.27. The van der Waals surface area contributed by atoms with Gasteiger partial charge >= 0.3 is 0 Å². The number of benzene rings is 1. The van der Waals surface area contributed by atoms with Gasteiger partial charge in [0.2, 0.25) is 0 Å². The number of hydrogen-bond donors (Lipinski definition) is 1. The lowest BCUT2D eigenvalue weighted by Crippen LogP contribution is -2.38. The van der Waals surface area contributed by atoms with E-state index in [-0.39, 0.29) is 12.3 Å². The molecule has 1 aromatic carbocycles. The van der Waals surface area contributed by atoms with Crippen molar-refractivity contribution in [3.8, 4) is 0 Å². The van der Waals surface area contributed by atoms with Crippen molar-refractivity contribution in [2.45, 2.75) is 25.0 Å². The summed E-state index contributed by atoms with van der Waals surface area (Å²) in [6.45, 7) is 1.68. The van der Waals surface area contributed by atoms with Gasteiger partial charge in [-0.3, -0.25) is 5.32 Å². The summed E-state index contributed by atoms with van der Waals surface area (Å²) in [6.07, 6.45) is 5.07. The summed E-state index contributed by atoms with van der Waals surface area (Å²) in [5.41, 5.74) is 1.30. The van der Waals surface area contributed by atoms with Crippen LogP contribution in [0.15, 0.2) is 42.5 Å². The van der Waals surface area contributed by atoms with Crippen LogP contribution in [0.1, 0.15) is 5.56 Å². The fourth-order valence-corrected chi connectivity index (χ4v) is 3.35. The summed E-state index contributed by atoms with van der Waals surface area (Å²) >= 11 is 0. The van der Waals surface area contributed by atoms with Crippen molar-refractivity contribution in [1.29, 1.82) is 0 Å². The van der Waals surface area contributed by atoms with E-state index >= 15 is 0 Å². The molecule has 5 atom stereocenters. The molecule has 0 aromatic heterocycles. The van der Waals surface area contributed by atoms with Crippen LogP contribution in [0.2, 0.25) is 0 Å². The van der Waals surface area contributed by atoms with Crippen LogP contribution in [0.3, 0.4) is 0 Å². The van der Waals surface area contributed by atoms with Crippen LogP contribution < -0.4 is 5.32 Å². The van der Waals surface area contributed by atoms with E-state index in [9.17, 15) is 0 Å². The van der Waals surface area contributed by atoms with Crippen molar-refractivity contribution >= 4 is 0 Å². The largest absolute Gasteiger partial charge is 0.366 e. The maximum atomic E-state index is 5.89. The minimum absolute atomic E-state index is 0.134. The van der Waals surface area contributed by atoms with Gasteiger partial charge in [-0.05, 0) is 5.56 Å². The molecule has 0 amide bonds. The zero-order chi connectivity index (χ0) is 11.9. The smallest absolute Gasteiger partial charge is 0.114 e. The van der Waals surface area contributed by atoms with Crippen LogP contribution in [-0.2, 0) is 16.0 Å². The molecule has 0 spiro atoms. The highest BCUT2D eigenvalue weighted by Gasteiger charge is 2.53. The van der Waals surface area contributed by atoms with Gasteiger partial charge in [0.15, 0.2) is 0 Å². The Bertz CT molecular complexity index is 459. The normalized spacial score (nSPS) is 40.3. The minimum Gasteiger partial charge on any atom is -0.366 e. The minimum atomic E-state index is 0.134.